The summed E-state index contributed by atoms with van der Waals surface area (Å²) in [5.74, 6) is 0. The first-order chi connectivity index (χ1) is 4.86. The van der Waals surface area contributed by atoms with Crippen LogP contribution in [0.3, 0.4) is 0 Å². The predicted octanol–water partition coefficient (Wildman–Crippen LogP) is 0.444. The third-order valence-corrected chi connectivity index (χ3v) is 1.93. The summed E-state index contributed by atoms with van der Waals surface area (Å²) < 4.78 is 0. The molecular formula is C7H11N3. The maximum Gasteiger partial charge on any atom is 0.0925 e. The topological polar surface area (TPSA) is 40.7 Å². The van der Waals surface area contributed by atoms with Gasteiger partial charge < -0.3 is 10.3 Å². The van der Waals surface area contributed by atoms with Gasteiger partial charge in [0, 0.05) is 19.0 Å². The molecule has 1 unspecified atom stereocenters. The Morgan fingerprint density at radius 1 is 1.70 bits per heavy atom. The lowest BCUT2D eigenvalue weighted by Gasteiger charge is -2.18. The maximum atomic E-state index is 4.21. The third kappa shape index (κ3) is 0.827. The molecule has 0 spiro atoms. The van der Waals surface area contributed by atoms with Crippen molar-refractivity contribution >= 4 is 0 Å². The van der Waals surface area contributed by atoms with E-state index < -0.39 is 0 Å². The van der Waals surface area contributed by atoms with Crippen LogP contribution in [-0.4, -0.2) is 16.0 Å². The van der Waals surface area contributed by atoms with E-state index in [4.69, 9.17) is 0 Å². The van der Waals surface area contributed by atoms with E-state index in [2.05, 4.69) is 22.2 Å². The van der Waals surface area contributed by atoms with Gasteiger partial charge in [-0.3, -0.25) is 0 Å². The van der Waals surface area contributed by atoms with Crippen LogP contribution in [0.15, 0.2) is 6.33 Å². The summed E-state index contributed by atoms with van der Waals surface area (Å²) >= 11 is 0. The molecule has 1 atom stereocenters. The highest BCUT2D eigenvalue weighted by Gasteiger charge is 2.15. The Kier molecular flexibility index (Phi) is 1.24. The quantitative estimate of drug-likeness (QED) is 0.545. The van der Waals surface area contributed by atoms with Gasteiger partial charge in [-0.05, 0) is 6.92 Å². The molecule has 1 aliphatic rings. The average molecular weight is 137 g/mol. The molecule has 1 aromatic heterocycles. The molecule has 0 radical (unpaired) electrons. The lowest BCUT2D eigenvalue weighted by molar-refractivity contribution is 0.503. The second kappa shape index (κ2) is 2.09. The van der Waals surface area contributed by atoms with Crippen molar-refractivity contribution < 1.29 is 0 Å². The van der Waals surface area contributed by atoms with Crippen molar-refractivity contribution in [2.75, 3.05) is 0 Å². The standard InChI is InChI=1S/C7H11N3/c1-5-2-6-7(3-8-5)10-4-9-6/h4-5,8H,2-3H2,1H3,(H,9,10). The molecule has 0 amide bonds. The Labute approximate surface area is 59.9 Å². The molecule has 0 saturated heterocycles. The van der Waals surface area contributed by atoms with E-state index >= 15 is 0 Å². The van der Waals surface area contributed by atoms with Gasteiger partial charge in [0.05, 0.1) is 17.7 Å². The van der Waals surface area contributed by atoms with E-state index in [0.717, 1.165) is 13.0 Å². The molecule has 0 aliphatic carbocycles. The fraction of sp³-hybridized carbons (Fsp3) is 0.571. The van der Waals surface area contributed by atoms with Gasteiger partial charge in [-0.15, -0.1) is 0 Å². The number of imidazole rings is 1. The van der Waals surface area contributed by atoms with Crippen LogP contribution >= 0.6 is 0 Å². The number of aromatic nitrogens is 2. The van der Waals surface area contributed by atoms with Crippen LogP contribution in [-0.2, 0) is 13.0 Å². The van der Waals surface area contributed by atoms with Crippen LogP contribution < -0.4 is 5.32 Å². The maximum absolute atomic E-state index is 4.21. The van der Waals surface area contributed by atoms with Crippen LogP contribution in [0.25, 0.3) is 0 Å². The minimum absolute atomic E-state index is 0.579. The Morgan fingerprint density at radius 3 is 3.50 bits per heavy atom. The first kappa shape index (κ1) is 5.92. The van der Waals surface area contributed by atoms with Crippen LogP contribution in [0.4, 0.5) is 0 Å². The van der Waals surface area contributed by atoms with E-state index in [1.807, 2.05) is 0 Å². The van der Waals surface area contributed by atoms with Crippen LogP contribution in [0.2, 0.25) is 0 Å². The van der Waals surface area contributed by atoms with Gasteiger partial charge in [0.1, 0.15) is 0 Å². The van der Waals surface area contributed by atoms with Crippen molar-refractivity contribution in [1.82, 2.24) is 15.3 Å². The van der Waals surface area contributed by atoms with E-state index in [1.54, 1.807) is 6.33 Å². The first-order valence-corrected chi connectivity index (χ1v) is 3.61. The van der Waals surface area contributed by atoms with Crippen molar-refractivity contribution in [2.24, 2.45) is 0 Å². The van der Waals surface area contributed by atoms with Crippen molar-refractivity contribution in [3.8, 4) is 0 Å². The molecule has 0 bridgehead atoms. The number of hydrogen-bond acceptors (Lipinski definition) is 2. The summed E-state index contributed by atoms with van der Waals surface area (Å²) in [5.41, 5.74) is 2.48. The number of aromatic amines is 1. The molecule has 10 heavy (non-hydrogen) atoms. The highest BCUT2D eigenvalue weighted by molar-refractivity contribution is 5.15. The zero-order valence-corrected chi connectivity index (χ0v) is 6.02. The molecule has 3 nitrogen and oxygen atoms in total. The van der Waals surface area contributed by atoms with Gasteiger partial charge in [-0.1, -0.05) is 0 Å². The van der Waals surface area contributed by atoms with Crippen molar-refractivity contribution in [1.29, 1.82) is 0 Å². The van der Waals surface area contributed by atoms with Crippen molar-refractivity contribution in [3.63, 3.8) is 0 Å². The fourth-order valence-corrected chi connectivity index (χ4v) is 1.32. The number of hydrogen-bond donors (Lipinski definition) is 2. The summed E-state index contributed by atoms with van der Waals surface area (Å²) in [6.45, 7) is 3.12. The number of H-pyrrole nitrogens is 1. The second-order valence-corrected chi connectivity index (χ2v) is 2.81. The SMILES string of the molecule is CC1Cc2nc[nH]c2CN1. The third-order valence-electron chi connectivity index (χ3n) is 1.93. The van der Waals surface area contributed by atoms with Crippen molar-refractivity contribution in [2.45, 2.75) is 25.9 Å². The Bertz CT molecular complexity index is 229. The normalized spacial score (nSPS) is 24.3. The largest absolute Gasteiger partial charge is 0.347 e. The van der Waals surface area contributed by atoms with Crippen molar-refractivity contribution in [3.05, 3.63) is 17.7 Å². The Morgan fingerprint density at radius 2 is 2.60 bits per heavy atom. The van der Waals surface area contributed by atoms with Gasteiger partial charge in [0.25, 0.3) is 0 Å². The highest BCUT2D eigenvalue weighted by atomic mass is 15.0. The molecule has 3 heteroatoms. The number of nitrogens with zero attached hydrogens (tertiary/aromatic N) is 1. The number of rotatable bonds is 0. The number of fused-ring (bicyclic) bond motifs is 1. The summed E-state index contributed by atoms with van der Waals surface area (Å²) in [5, 5.41) is 3.35. The van der Waals surface area contributed by atoms with Gasteiger partial charge in [0.2, 0.25) is 0 Å². The summed E-state index contributed by atoms with van der Waals surface area (Å²) in [6, 6.07) is 0.579. The van der Waals surface area contributed by atoms with Gasteiger partial charge in [-0.25, -0.2) is 4.98 Å². The highest BCUT2D eigenvalue weighted by Crippen LogP contribution is 2.10. The molecule has 0 saturated carbocycles. The molecule has 1 aromatic rings. The lowest BCUT2D eigenvalue weighted by atomic mass is 10.1. The molecule has 0 fully saturated rings. The summed E-state index contributed by atoms with van der Waals surface area (Å²) in [6.07, 6.45) is 2.82. The van der Waals surface area contributed by atoms with E-state index in [-0.39, 0.29) is 0 Å². The molecule has 1 aliphatic heterocycles. The zero-order chi connectivity index (χ0) is 6.97. The number of nitrogens with one attached hydrogen (secondary N) is 2. The molecular weight excluding hydrogens is 126 g/mol. The molecule has 2 N–H and O–H groups in total. The monoisotopic (exact) mass is 137 g/mol. The molecule has 54 valence electrons. The van der Waals surface area contributed by atoms with Gasteiger partial charge >= 0.3 is 0 Å². The van der Waals surface area contributed by atoms with Crippen LogP contribution in [0.5, 0.6) is 0 Å². The molecule has 0 aromatic carbocycles. The van der Waals surface area contributed by atoms with E-state index in [9.17, 15) is 0 Å². The van der Waals surface area contributed by atoms with Crippen LogP contribution in [0.1, 0.15) is 18.3 Å². The van der Waals surface area contributed by atoms with Crippen LogP contribution in [0, 0.1) is 0 Å². The van der Waals surface area contributed by atoms with E-state index in [1.165, 1.54) is 11.4 Å². The average Bonchev–Trinajstić information content (AvgIpc) is 2.33. The lowest BCUT2D eigenvalue weighted by Crippen LogP contribution is -2.32. The first-order valence-electron chi connectivity index (χ1n) is 3.61. The minimum atomic E-state index is 0.579. The fourth-order valence-electron chi connectivity index (χ4n) is 1.32. The second-order valence-electron chi connectivity index (χ2n) is 2.81. The minimum Gasteiger partial charge on any atom is -0.347 e. The Hall–Kier alpha value is -0.830. The predicted molar refractivity (Wildman–Crippen MR) is 38.6 cm³/mol. The van der Waals surface area contributed by atoms with E-state index in [0.29, 0.717) is 6.04 Å². The zero-order valence-electron chi connectivity index (χ0n) is 6.02. The molecule has 2 heterocycles. The molecule has 2 rings (SSSR count). The summed E-state index contributed by atoms with van der Waals surface area (Å²) in [4.78, 5) is 7.32. The Balaban J connectivity index is 2.30. The summed E-state index contributed by atoms with van der Waals surface area (Å²) in [7, 11) is 0. The smallest absolute Gasteiger partial charge is 0.0925 e. The van der Waals surface area contributed by atoms with Gasteiger partial charge in [-0.2, -0.15) is 0 Å². The van der Waals surface area contributed by atoms with Gasteiger partial charge in [0.15, 0.2) is 0 Å².